The molecule has 1 saturated heterocycles. The maximum absolute atomic E-state index is 10.5. The van der Waals surface area contributed by atoms with E-state index < -0.39 is 6.10 Å². The summed E-state index contributed by atoms with van der Waals surface area (Å²) in [6.07, 6.45) is -0.600. The topological polar surface area (TPSA) is 68.6 Å². The maximum Gasteiger partial charge on any atom is 0.161 e. The van der Waals surface area contributed by atoms with Crippen LogP contribution in [0.4, 0.5) is 0 Å². The zero-order chi connectivity index (χ0) is 22.8. The van der Waals surface area contributed by atoms with E-state index in [9.17, 15) is 5.11 Å². The van der Waals surface area contributed by atoms with Crippen LogP contribution in [0.2, 0.25) is 0 Å². The summed E-state index contributed by atoms with van der Waals surface area (Å²) in [6.45, 7) is 7.23. The Morgan fingerprint density at radius 1 is 0.969 bits per heavy atom. The van der Waals surface area contributed by atoms with Gasteiger partial charge < -0.3 is 19.7 Å². The van der Waals surface area contributed by atoms with Gasteiger partial charge in [0.25, 0.3) is 0 Å². The van der Waals surface area contributed by atoms with Crippen LogP contribution in [0.5, 0.6) is 11.5 Å². The predicted molar refractivity (Wildman–Crippen MR) is 126 cm³/mol. The van der Waals surface area contributed by atoms with Gasteiger partial charge in [-0.2, -0.15) is 0 Å². The molecule has 176 valence electrons. The third kappa shape index (κ3) is 7.76. The van der Waals surface area contributed by atoms with Crippen molar-refractivity contribution in [2.45, 2.75) is 19.2 Å². The molecule has 0 spiro atoms. The van der Waals surface area contributed by atoms with Crippen LogP contribution in [0, 0.1) is 0 Å². The Bertz CT molecular complexity index is 797. The molecule has 1 aliphatic rings. The number of β-amino-alcohol motifs (C(OH)–C–C–N with tert-alkyl or cyclic N) is 1. The van der Waals surface area contributed by atoms with Crippen LogP contribution in [0.15, 0.2) is 48.5 Å². The van der Waals surface area contributed by atoms with Crippen LogP contribution in [-0.2, 0) is 13.1 Å². The van der Waals surface area contributed by atoms with Crippen molar-refractivity contribution in [1.82, 2.24) is 14.7 Å². The third-order valence-corrected chi connectivity index (χ3v) is 5.76. The molecule has 7 heteroatoms. The van der Waals surface area contributed by atoms with Gasteiger partial charge in [0, 0.05) is 52.4 Å². The molecule has 0 radical (unpaired) electrons. The van der Waals surface area contributed by atoms with Crippen molar-refractivity contribution < 1.29 is 19.7 Å². The first-order chi connectivity index (χ1) is 15.6. The van der Waals surface area contributed by atoms with Crippen LogP contribution >= 0.6 is 0 Å². The summed E-state index contributed by atoms with van der Waals surface area (Å²) in [5.74, 6) is 1.33. The minimum Gasteiger partial charge on any atom is -0.493 e. The van der Waals surface area contributed by atoms with Crippen LogP contribution < -0.4 is 9.47 Å². The molecular weight excluding hydrogens is 406 g/mol. The highest BCUT2D eigenvalue weighted by atomic mass is 16.5. The molecule has 0 aliphatic carbocycles. The van der Waals surface area contributed by atoms with E-state index in [2.05, 4.69) is 32.9 Å². The number of hydrogen-bond acceptors (Lipinski definition) is 7. The highest BCUT2D eigenvalue weighted by molar-refractivity contribution is 5.43. The molecule has 1 aliphatic heterocycles. The molecule has 1 fully saturated rings. The van der Waals surface area contributed by atoms with Crippen molar-refractivity contribution in [3.63, 3.8) is 0 Å². The average Bonchev–Trinajstić information content (AvgIpc) is 2.80. The molecule has 2 aromatic rings. The van der Waals surface area contributed by atoms with Crippen LogP contribution in [-0.4, -0.2) is 97.7 Å². The Hall–Kier alpha value is -2.16. The lowest BCUT2D eigenvalue weighted by Gasteiger charge is -2.34. The Morgan fingerprint density at radius 2 is 1.69 bits per heavy atom. The monoisotopic (exact) mass is 443 g/mol. The second-order valence-electron chi connectivity index (χ2n) is 8.47. The maximum atomic E-state index is 10.5. The lowest BCUT2D eigenvalue weighted by Crippen LogP contribution is -2.46. The number of piperazine rings is 1. The fraction of sp³-hybridized carbons (Fsp3) is 0.520. The van der Waals surface area contributed by atoms with E-state index in [1.165, 1.54) is 5.56 Å². The van der Waals surface area contributed by atoms with Gasteiger partial charge >= 0.3 is 0 Å². The van der Waals surface area contributed by atoms with E-state index in [4.69, 9.17) is 14.6 Å². The van der Waals surface area contributed by atoms with Crippen molar-refractivity contribution in [3.8, 4) is 11.5 Å². The second kappa shape index (κ2) is 12.8. The van der Waals surface area contributed by atoms with Crippen LogP contribution in [0.25, 0.3) is 0 Å². The molecule has 2 N–H and O–H groups in total. The summed E-state index contributed by atoms with van der Waals surface area (Å²) >= 11 is 0. The van der Waals surface area contributed by atoms with Crippen molar-refractivity contribution in [2.75, 3.05) is 66.6 Å². The molecule has 1 atom stereocenters. The van der Waals surface area contributed by atoms with E-state index in [0.717, 1.165) is 51.4 Å². The first kappa shape index (κ1) is 24.5. The zero-order valence-electron chi connectivity index (χ0n) is 19.3. The minimum atomic E-state index is -0.600. The molecule has 32 heavy (non-hydrogen) atoms. The number of likely N-dealkylation sites (N-methyl/N-ethyl adjacent to an activating group) is 1. The number of hydrogen-bond donors (Lipinski definition) is 2. The number of methoxy groups -OCH3 is 1. The first-order valence-corrected chi connectivity index (χ1v) is 11.3. The van der Waals surface area contributed by atoms with E-state index in [1.807, 2.05) is 37.4 Å². The molecule has 0 bridgehead atoms. The smallest absolute Gasteiger partial charge is 0.161 e. The van der Waals surface area contributed by atoms with Crippen molar-refractivity contribution in [1.29, 1.82) is 0 Å². The van der Waals surface area contributed by atoms with Crippen molar-refractivity contribution in [2.24, 2.45) is 0 Å². The molecular formula is C25H37N3O4. The van der Waals surface area contributed by atoms with Gasteiger partial charge in [0.2, 0.25) is 0 Å². The number of aliphatic hydroxyl groups excluding tert-OH is 2. The Balaban J connectivity index is 1.49. The summed E-state index contributed by atoms with van der Waals surface area (Å²) in [5.41, 5.74) is 2.38. The van der Waals surface area contributed by atoms with Gasteiger partial charge in [-0.3, -0.25) is 14.7 Å². The molecule has 0 aromatic heterocycles. The molecule has 0 amide bonds. The number of ether oxygens (including phenoxy) is 2. The normalized spacial score (nSPS) is 16.3. The van der Waals surface area contributed by atoms with Gasteiger partial charge in [-0.1, -0.05) is 36.4 Å². The Kier molecular flexibility index (Phi) is 9.77. The van der Waals surface area contributed by atoms with Gasteiger partial charge in [-0.15, -0.1) is 0 Å². The van der Waals surface area contributed by atoms with E-state index in [1.54, 1.807) is 7.11 Å². The summed E-state index contributed by atoms with van der Waals surface area (Å²) in [6, 6.07) is 16.2. The molecule has 2 aromatic carbocycles. The van der Waals surface area contributed by atoms with Crippen molar-refractivity contribution >= 4 is 0 Å². The van der Waals surface area contributed by atoms with Gasteiger partial charge in [0.15, 0.2) is 11.5 Å². The lowest BCUT2D eigenvalue weighted by atomic mass is 10.1. The van der Waals surface area contributed by atoms with E-state index in [0.29, 0.717) is 18.0 Å². The summed E-state index contributed by atoms with van der Waals surface area (Å²) in [4.78, 5) is 6.79. The minimum absolute atomic E-state index is 0.207. The highest BCUT2D eigenvalue weighted by Gasteiger charge is 2.18. The molecule has 3 rings (SSSR count). The Labute approximate surface area is 191 Å². The van der Waals surface area contributed by atoms with Crippen LogP contribution in [0.1, 0.15) is 11.1 Å². The third-order valence-electron chi connectivity index (χ3n) is 5.76. The fourth-order valence-electron chi connectivity index (χ4n) is 4.06. The van der Waals surface area contributed by atoms with E-state index >= 15 is 0 Å². The van der Waals surface area contributed by atoms with Gasteiger partial charge in [0.05, 0.1) is 13.7 Å². The fourth-order valence-corrected chi connectivity index (χ4v) is 4.06. The van der Waals surface area contributed by atoms with E-state index in [-0.39, 0.29) is 13.2 Å². The van der Waals surface area contributed by atoms with Crippen LogP contribution in [0.3, 0.4) is 0 Å². The SMILES string of the molecule is COc1ccc(CN2CCN(CCO)CC2)cc1OC[C@@H](O)CN(C)Cc1ccccc1. The number of aliphatic hydroxyl groups is 2. The number of rotatable bonds is 12. The first-order valence-electron chi connectivity index (χ1n) is 11.3. The largest absolute Gasteiger partial charge is 0.493 e. The quantitative estimate of drug-likeness (QED) is 0.517. The summed E-state index contributed by atoms with van der Waals surface area (Å²) in [7, 11) is 3.63. The second-order valence-corrected chi connectivity index (χ2v) is 8.47. The predicted octanol–water partition coefficient (Wildman–Crippen LogP) is 1.68. The Morgan fingerprint density at radius 3 is 2.38 bits per heavy atom. The highest BCUT2D eigenvalue weighted by Crippen LogP contribution is 2.29. The lowest BCUT2D eigenvalue weighted by molar-refractivity contribution is 0.0731. The number of nitrogens with zero attached hydrogens (tertiary/aromatic N) is 3. The summed E-state index contributed by atoms with van der Waals surface area (Å²) in [5, 5.41) is 19.6. The molecule has 0 saturated carbocycles. The van der Waals surface area contributed by atoms with Gasteiger partial charge in [0.1, 0.15) is 12.7 Å². The molecule has 7 nitrogen and oxygen atoms in total. The molecule has 0 unspecified atom stereocenters. The summed E-state index contributed by atoms with van der Waals surface area (Å²) < 4.78 is 11.4. The number of benzene rings is 2. The van der Waals surface area contributed by atoms with Gasteiger partial charge in [-0.05, 0) is 30.3 Å². The van der Waals surface area contributed by atoms with Gasteiger partial charge in [-0.25, -0.2) is 0 Å². The van der Waals surface area contributed by atoms with Crippen molar-refractivity contribution in [3.05, 3.63) is 59.7 Å². The zero-order valence-corrected chi connectivity index (χ0v) is 19.3. The standard InChI is InChI=1S/C25H37N3O4/c1-26(17-21-6-4-3-5-7-21)19-23(30)20-32-25-16-22(8-9-24(25)31-2)18-28-12-10-27(11-13-28)14-15-29/h3-9,16,23,29-30H,10-15,17-20H2,1-2H3/t23-/m0/s1. The molecule has 1 heterocycles. The average molecular weight is 444 g/mol.